The summed E-state index contributed by atoms with van der Waals surface area (Å²) in [5.74, 6) is -1.74. The molecule has 4 aromatic carbocycles. The van der Waals surface area contributed by atoms with E-state index in [0.29, 0.717) is 0 Å². The molecule has 0 saturated carbocycles. The third-order valence-electron chi connectivity index (χ3n) is 5.71. The number of carbonyl (C=O) groups excluding carboxylic acids is 2. The third-order valence-corrected chi connectivity index (χ3v) is 8.36. The summed E-state index contributed by atoms with van der Waals surface area (Å²) in [6.45, 7) is 3.60. The van der Waals surface area contributed by atoms with Crippen LogP contribution in [-0.4, -0.2) is 27.8 Å². The second-order valence-electron chi connectivity index (χ2n) is 8.39. The zero-order chi connectivity index (χ0) is 26.0. The van der Waals surface area contributed by atoms with Gasteiger partial charge in [-0.3, -0.25) is 0 Å². The van der Waals surface area contributed by atoms with E-state index in [0.717, 1.165) is 30.7 Å². The van der Waals surface area contributed by atoms with Crippen LogP contribution in [0.25, 0.3) is 0 Å². The van der Waals surface area contributed by atoms with Gasteiger partial charge in [0.15, 0.2) is 0 Å². The molecule has 0 aromatic heterocycles. The number of hydrogen-bond acceptors (Lipinski definition) is 6. The van der Waals surface area contributed by atoms with Crippen molar-refractivity contribution in [1.29, 1.82) is 0 Å². The van der Waals surface area contributed by atoms with Crippen molar-refractivity contribution in [3.8, 4) is 0 Å². The van der Waals surface area contributed by atoms with Crippen LogP contribution in [0.1, 0.15) is 36.8 Å². The first-order valence-corrected chi connectivity index (χ1v) is 14.5. The first-order valence-electron chi connectivity index (χ1n) is 11.9. The molecule has 0 aliphatic rings. The molecule has 0 aliphatic carbocycles. The summed E-state index contributed by atoms with van der Waals surface area (Å²) in [6.07, 6.45) is 0. The standard InChI is InChI=1S/2C15H14O2S.Al/c2*1-11(15(16)17)12-6-5-9-14(10-12)18-13-7-3-2-4-8-13;/h2*2-11H,1H3,(H,16,17);/q;;+3/p-2. The molecule has 0 amide bonds. The monoisotopic (exact) mass is 541 g/mol. The first kappa shape index (κ1) is 27.1. The van der Waals surface area contributed by atoms with E-state index in [4.69, 9.17) is 7.58 Å². The minimum absolute atomic E-state index is 0.404. The van der Waals surface area contributed by atoms with E-state index in [1.807, 2.05) is 109 Å². The predicted molar refractivity (Wildman–Crippen MR) is 149 cm³/mol. The second-order valence-corrected chi connectivity index (χ2v) is 11.3. The fourth-order valence-corrected chi connectivity index (χ4v) is 6.00. The van der Waals surface area contributed by atoms with E-state index < -0.39 is 39.7 Å². The molecule has 0 heterocycles. The summed E-state index contributed by atoms with van der Waals surface area (Å²) in [6, 6.07) is 35.8. The molecule has 0 bridgehead atoms. The molecule has 2 atom stereocenters. The summed E-state index contributed by atoms with van der Waals surface area (Å²) in [5.41, 5.74) is 1.72. The van der Waals surface area contributed by atoms with Crippen molar-refractivity contribution in [1.82, 2.24) is 0 Å². The molecule has 0 saturated heterocycles. The minimum atomic E-state index is -1.25. The molecule has 0 radical (unpaired) electrons. The quantitative estimate of drug-likeness (QED) is 0.194. The molecule has 4 nitrogen and oxygen atoms in total. The van der Waals surface area contributed by atoms with Gasteiger partial charge < -0.3 is 0 Å². The topological polar surface area (TPSA) is 52.6 Å². The van der Waals surface area contributed by atoms with Gasteiger partial charge in [-0.05, 0) is 0 Å². The van der Waals surface area contributed by atoms with Crippen molar-refractivity contribution in [2.75, 3.05) is 0 Å². The number of carbonyl (C=O) groups is 2. The summed E-state index contributed by atoms with van der Waals surface area (Å²) >= 11 is 2.03. The fourth-order valence-electron chi connectivity index (χ4n) is 3.54. The van der Waals surface area contributed by atoms with Crippen molar-refractivity contribution in [2.24, 2.45) is 0 Å². The molecular weight excluding hydrogens is 515 g/mol. The zero-order valence-corrected chi connectivity index (χ0v) is 23.4. The molecule has 0 fully saturated rings. The van der Waals surface area contributed by atoms with Crippen LogP contribution in [0.15, 0.2) is 129 Å². The maximum absolute atomic E-state index is 12.7. The van der Waals surface area contributed by atoms with E-state index in [2.05, 4.69) is 0 Å². The Morgan fingerprint density at radius 3 is 1.35 bits per heavy atom. The van der Waals surface area contributed by atoms with Crippen molar-refractivity contribution in [2.45, 2.75) is 45.3 Å². The fraction of sp³-hybridized carbons (Fsp3) is 0.133. The van der Waals surface area contributed by atoms with Crippen molar-refractivity contribution in [3.05, 3.63) is 120 Å². The van der Waals surface area contributed by atoms with Crippen LogP contribution < -0.4 is 0 Å². The summed E-state index contributed by atoms with van der Waals surface area (Å²) in [7, 11) is 0. The van der Waals surface area contributed by atoms with Gasteiger partial charge in [0.2, 0.25) is 0 Å². The van der Waals surface area contributed by atoms with Gasteiger partial charge in [-0.15, -0.1) is 0 Å². The second kappa shape index (κ2) is 13.6. The molecule has 184 valence electrons. The van der Waals surface area contributed by atoms with Crippen LogP contribution in [-0.2, 0) is 17.2 Å². The van der Waals surface area contributed by atoms with Gasteiger partial charge in [0.05, 0.1) is 0 Å². The Labute approximate surface area is 233 Å². The molecule has 7 heteroatoms. The summed E-state index contributed by atoms with van der Waals surface area (Å²) < 4.78 is 10.7. The van der Waals surface area contributed by atoms with Gasteiger partial charge in [0.1, 0.15) is 0 Å². The molecule has 4 rings (SSSR count). The van der Waals surface area contributed by atoms with Gasteiger partial charge in [-0.25, -0.2) is 0 Å². The average Bonchev–Trinajstić information content (AvgIpc) is 2.93. The van der Waals surface area contributed by atoms with Crippen LogP contribution in [0.2, 0.25) is 0 Å². The number of benzene rings is 4. The molecule has 2 unspecified atom stereocenters. The molecule has 0 spiro atoms. The summed E-state index contributed by atoms with van der Waals surface area (Å²) in [5, 5.41) is 0. The Morgan fingerprint density at radius 1 is 0.568 bits per heavy atom. The van der Waals surface area contributed by atoms with E-state index in [1.165, 1.54) is 0 Å². The van der Waals surface area contributed by atoms with Gasteiger partial charge in [0.25, 0.3) is 0 Å². The zero-order valence-electron chi connectivity index (χ0n) is 20.6. The number of hydrogen-bond donors (Lipinski definition) is 0. The molecule has 4 aromatic rings. The van der Waals surface area contributed by atoms with Crippen LogP contribution in [0.3, 0.4) is 0 Å². The first-order chi connectivity index (χ1) is 18.0. The summed E-state index contributed by atoms with van der Waals surface area (Å²) in [4.78, 5) is 29.6. The van der Waals surface area contributed by atoms with E-state index >= 15 is 0 Å². The molecule has 0 aliphatic heterocycles. The average molecular weight is 542 g/mol. The predicted octanol–water partition coefficient (Wildman–Crippen LogP) is 7.52. The van der Waals surface area contributed by atoms with Gasteiger partial charge in [-0.2, -0.15) is 0 Å². The SMILES string of the molecule is CC(C(=O)[O][Al+][O]C(=O)C(C)c1cccc(Sc2ccccc2)c1)c1cccc(Sc2ccccc2)c1. The van der Waals surface area contributed by atoms with Crippen molar-refractivity contribution >= 4 is 51.3 Å². The Kier molecular flexibility index (Phi) is 9.93. The molecular formula is C30H26AlO4S2+. The molecule has 0 N–H and O–H groups in total. The van der Waals surface area contributed by atoms with Crippen LogP contribution in [0.4, 0.5) is 0 Å². The normalized spacial score (nSPS) is 12.2. The Morgan fingerprint density at radius 2 is 0.946 bits per heavy atom. The number of rotatable bonds is 10. The molecule has 37 heavy (non-hydrogen) atoms. The Balaban J connectivity index is 1.28. The van der Waals surface area contributed by atoms with Crippen molar-refractivity contribution in [3.63, 3.8) is 0 Å². The van der Waals surface area contributed by atoms with E-state index in [-0.39, 0.29) is 0 Å². The van der Waals surface area contributed by atoms with E-state index in [1.54, 1.807) is 37.4 Å². The van der Waals surface area contributed by atoms with Gasteiger partial charge in [-0.1, -0.05) is 0 Å². The third kappa shape index (κ3) is 8.02. The van der Waals surface area contributed by atoms with Crippen LogP contribution in [0.5, 0.6) is 0 Å². The van der Waals surface area contributed by atoms with E-state index in [9.17, 15) is 9.59 Å². The van der Waals surface area contributed by atoms with Gasteiger partial charge >= 0.3 is 234 Å². The Bertz CT molecular complexity index is 1230. The Hall–Kier alpha value is -2.95. The van der Waals surface area contributed by atoms with Crippen molar-refractivity contribution < 1.29 is 17.2 Å². The van der Waals surface area contributed by atoms with Crippen LogP contribution in [0, 0.1) is 0 Å². The van der Waals surface area contributed by atoms with Gasteiger partial charge in [0, 0.05) is 0 Å². The maximum atomic E-state index is 12.7. The van der Waals surface area contributed by atoms with Crippen LogP contribution >= 0.6 is 23.5 Å².